The van der Waals surface area contributed by atoms with E-state index in [4.69, 9.17) is 0 Å². The summed E-state index contributed by atoms with van der Waals surface area (Å²) in [6.45, 7) is 8.65. The van der Waals surface area contributed by atoms with E-state index in [0.29, 0.717) is 11.8 Å². The first-order valence-electron chi connectivity index (χ1n) is 6.75. The lowest BCUT2D eigenvalue weighted by Gasteiger charge is -2.09. The summed E-state index contributed by atoms with van der Waals surface area (Å²) < 4.78 is 0. The van der Waals surface area contributed by atoms with Gasteiger partial charge in [-0.15, -0.1) is 0 Å². The molecule has 100 valence electrons. The van der Waals surface area contributed by atoms with Crippen LogP contribution in [0.2, 0.25) is 0 Å². The third-order valence-electron chi connectivity index (χ3n) is 3.16. The zero-order valence-corrected chi connectivity index (χ0v) is 12.0. The quantitative estimate of drug-likeness (QED) is 0.876. The normalized spacial score (nSPS) is 11.1. The van der Waals surface area contributed by atoms with Crippen LogP contribution in [-0.2, 0) is 0 Å². The van der Waals surface area contributed by atoms with E-state index in [9.17, 15) is 0 Å². The molecule has 0 fully saturated rings. The molecular weight excluding hydrogens is 234 g/mol. The van der Waals surface area contributed by atoms with Crippen molar-refractivity contribution < 1.29 is 0 Å². The minimum absolute atomic E-state index is 0.505. The van der Waals surface area contributed by atoms with Crippen LogP contribution in [0.4, 0.5) is 11.6 Å². The van der Waals surface area contributed by atoms with Crippen molar-refractivity contribution in [2.75, 3.05) is 5.32 Å². The molecule has 2 rings (SSSR count). The van der Waals surface area contributed by atoms with Gasteiger partial charge in [-0.25, -0.2) is 9.97 Å². The number of hydrogen-bond acceptors (Lipinski definition) is 3. The minimum atomic E-state index is 0.505. The van der Waals surface area contributed by atoms with Crippen molar-refractivity contribution in [3.05, 3.63) is 47.8 Å². The van der Waals surface area contributed by atoms with E-state index < -0.39 is 0 Å². The molecule has 0 aliphatic carbocycles. The largest absolute Gasteiger partial charge is 0.325 e. The van der Waals surface area contributed by atoms with Crippen molar-refractivity contribution in [2.45, 2.75) is 39.5 Å². The van der Waals surface area contributed by atoms with Gasteiger partial charge in [-0.05, 0) is 35.1 Å². The van der Waals surface area contributed by atoms with Crippen molar-refractivity contribution in [1.29, 1.82) is 0 Å². The molecule has 3 nitrogen and oxygen atoms in total. The molecular formula is C16H21N3. The minimum Gasteiger partial charge on any atom is -0.325 e. The van der Waals surface area contributed by atoms with Crippen LogP contribution in [0.5, 0.6) is 0 Å². The van der Waals surface area contributed by atoms with Gasteiger partial charge in [0.25, 0.3) is 0 Å². The Morgan fingerprint density at radius 3 is 1.42 bits per heavy atom. The third-order valence-corrected chi connectivity index (χ3v) is 3.16. The van der Waals surface area contributed by atoms with Crippen LogP contribution >= 0.6 is 0 Å². The third kappa shape index (κ3) is 3.53. The van der Waals surface area contributed by atoms with Crippen molar-refractivity contribution in [2.24, 2.45) is 0 Å². The predicted molar refractivity (Wildman–Crippen MR) is 79.9 cm³/mol. The highest BCUT2D eigenvalue weighted by Crippen LogP contribution is 2.18. The number of rotatable bonds is 4. The average Bonchev–Trinajstić information content (AvgIpc) is 2.40. The molecule has 0 atom stereocenters. The summed E-state index contributed by atoms with van der Waals surface area (Å²) in [5, 5.41) is 3.21. The molecule has 2 aromatic rings. The van der Waals surface area contributed by atoms with Gasteiger partial charge in [0.15, 0.2) is 0 Å². The molecule has 0 bridgehead atoms. The van der Waals surface area contributed by atoms with Gasteiger partial charge in [0.2, 0.25) is 0 Å². The van der Waals surface area contributed by atoms with E-state index in [1.807, 2.05) is 24.5 Å². The van der Waals surface area contributed by atoms with Crippen LogP contribution in [0.15, 0.2) is 36.7 Å². The summed E-state index contributed by atoms with van der Waals surface area (Å²) in [6, 6.07) is 8.19. The second-order valence-corrected chi connectivity index (χ2v) is 5.39. The molecule has 0 amide bonds. The Bertz CT molecular complexity index is 463. The molecule has 2 heterocycles. The lowest BCUT2D eigenvalue weighted by molar-refractivity contribution is 0.857. The molecule has 0 radical (unpaired) electrons. The molecule has 0 aromatic carbocycles. The number of nitrogens with zero attached hydrogens (tertiary/aromatic N) is 2. The van der Waals surface area contributed by atoms with E-state index in [1.165, 1.54) is 11.1 Å². The molecule has 2 aromatic heterocycles. The van der Waals surface area contributed by atoms with Gasteiger partial charge in [0.1, 0.15) is 11.6 Å². The Labute approximate surface area is 115 Å². The average molecular weight is 255 g/mol. The molecule has 3 heteroatoms. The van der Waals surface area contributed by atoms with Crippen LogP contribution in [-0.4, -0.2) is 9.97 Å². The molecule has 0 saturated carbocycles. The molecule has 0 spiro atoms. The van der Waals surface area contributed by atoms with Crippen molar-refractivity contribution in [3.8, 4) is 0 Å². The van der Waals surface area contributed by atoms with Gasteiger partial charge in [-0.3, -0.25) is 0 Å². The van der Waals surface area contributed by atoms with Gasteiger partial charge in [0.05, 0.1) is 0 Å². The van der Waals surface area contributed by atoms with Crippen molar-refractivity contribution >= 4 is 11.6 Å². The Morgan fingerprint density at radius 1 is 0.737 bits per heavy atom. The first-order valence-corrected chi connectivity index (χ1v) is 6.75. The maximum absolute atomic E-state index is 4.40. The van der Waals surface area contributed by atoms with E-state index in [-0.39, 0.29) is 0 Å². The van der Waals surface area contributed by atoms with E-state index in [0.717, 1.165) is 11.6 Å². The molecule has 0 aliphatic rings. The standard InChI is InChI=1S/C16H21N3/c1-11(2)13-5-7-15(17-9-13)19-16-8-6-14(10-18-16)12(3)4/h5-12H,1-4H3,(H,17,18,19). The SMILES string of the molecule is CC(C)c1ccc(Nc2ccc(C(C)C)cn2)nc1. The summed E-state index contributed by atoms with van der Waals surface area (Å²) in [5.74, 6) is 2.67. The monoisotopic (exact) mass is 255 g/mol. The van der Waals surface area contributed by atoms with Gasteiger partial charge < -0.3 is 5.32 Å². The van der Waals surface area contributed by atoms with Gasteiger partial charge >= 0.3 is 0 Å². The fraction of sp³-hybridized carbons (Fsp3) is 0.375. The van der Waals surface area contributed by atoms with Crippen LogP contribution in [0.25, 0.3) is 0 Å². The van der Waals surface area contributed by atoms with Crippen LogP contribution in [0.1, 0.15) is 50.7 Å². The number of aromatic nitrogens is 2. The highest BCUT2D eigenvalue weighted by molar-refractivity contribution is 5.51. The topological polar surface area (TPSA) is 37.8 Å². The maximum Gasteiger partial charge on any atom is 0.131 e. The van der Waals surface area contributed by atoms with Crippen molar-refractivity contribution in [1.82, 2.24) is 9.97 Å². The van der Waals surface area contributed by atoms with Crippen LogP contribution < -0.4 is 5.32 Å². The van der Waals surface area contributed by atoms with Crippen LogP contribution in [0, 0.1) is 0 Å². The smallest absolute Gasteiger partial charge is 0.131 e. The number of nitrogens with one attached hydrogen (secondary N) is 1. The zero-order valence-electron chi connectivity index (χ0n) is 12.0. The first-order chi connectivity index (χ1) is 9.06. The lowest BCUT2D eigenvalue weighted by Crippen LogP contribution is -1.98. The van der Waals surface area contributed by atoms with E-state index in [1.54, 1.807) is 0 Å². The lowest BCUT2D eigenvalue weighted by atomic mass is 10.1. The van der Waals surface area contributed by atoms with Gasteiger partial charge in [-0.2, -0.15) is 0 Å². The summed E-state index contributed by atoms with van der Waals surface area (Å²) in [4.78, 5) is 8.80. The molecule has 0 unspecified atom stereocenters. The number of pyridine rings is 2. The Hall–Kier alpha value is -1.90. The first kappa shape index (κ1) is 13.5. The Morgan fingerprint density at radius 2 is 1.16 bits per heavy atom. The number of hydrogen-bond donors (Lipinski definition) is 1. The highest BCUT2D eigenvalue weighted by Gasteiger charge is 2.02. The predicted octanol–water partition coefficient (Wildman–Crippen LogP) is 4.47. The summed E-state index contributed by atoms with van der Waals surface area (Å²) in [7, 11) is 0. The fourth-order valence-corrected chi connectivity index (χ4v) is 1.77. The molecule has 1 N–H and O–H groups in total. The molecule has 0 aliphatic heterocycles. The Balaban J connectivity index is 2.08. The van der Waals surface area contributed by atoms with E-state index in [2.05, 4.69) is 55.1 Å². The maximum atomic E-state index is 4.40. The highest BCUT2D eigenvalue weighted by atomic mass is 15.0. The second kappa shape index (κ2) is 5.83. The molecule has 0 saturated heterocycles. The molecule has 19 heavy (non-hydrogen) atoms. The fourth-order valence-electron chi connectivity index (χ4n) is 1.77. The Kier molecular flexibility index (Phi) is 4.15. The van der Waals surface area contributed by atoms with Crippen molar-refractivity contribution in [3.63, 3.8) is 0 Å². The summed E-state index contributed by atoms with van der Waals surface area (Å²) >= 11 is 0. The number of anilines is 2. The summed E-state index contributed by atoms with van der Waals surface area (Å²) in [5.41, 5.74) is 2.49. The summed E-state index contributed by atoms with van der Waals surface area (Å²) in [6.07, 6.45) is 3.82. The van der Waals surface area contributed by atoms with Crippen LogP contribution in [0.3, 0.4) is 0 Å². The second-order valence-electron chi connectivity index (χ2n) is 5.39. The van der Waals surface area contributed by atoms with Gasteiger partial charge in [0, 0.05) is 12.4 Å². The van der Waals surface area contributed by atoms with E-state index >= 15 is 0 Å². The van der Waals surface area contributed by atoms with Gasteiger partial charge in [-0.1, -0.05) is 39.8 Å². The zero-order chi connectivity index (χ0) is 13.8.